The van der Waals surface area contributed by atoms with E-state index in [4.69, 9.17) is 18.9 Å². The zero-order chi connectivity index (χ0) is 20.8. The highest BCUT2D eigenvalue weighted by Gasteiger charge is 2.50. The molecular weight excluding hydrogens is 392 g/mol. The van der Waals surface area contributed by atoms with E-state index in [1.165, 1.54) is 22.5 Å². The van der Waals surface area contributed by atoms with Gasteiger partial charge >= 0.3 is 0 Å². The van der Waals surface area contributed by atoms with Crippen LogP contribution < -0.4 is 9.80 Å². The molecule has 0 radical (unpaired) electrons. The number of hydrogen-bond acceptors (Lipinski definition) is 6. The molecular formula is C25H30N2O4. The molecule has 0 saturated carbocycles. The summed E-state index contributed by atoms with van der Waals surface area (Å²) >= 11 is 0. The van der Waals surface area contributed by atoms with Gasteiger partial charge in [0.25, 0.3) is 0 Å². The van der Waals surface area contributed by atoms with Crippen LogP contribution in [0.25, 0.3) is 0 Å². The second kappa shape index (κ2) is 8.10. The lowest BCUT2D eigenvalue weighted by Crippen LogP contribution is -2.44. The van der Waals surface area contributed by atoms with E-state index in [1.54, 1.807) is 7.11 Å². The number of piperidine rings is 1. The number of ether oxygens (including phenoxy) is 4. The van der Waals surface area contributed by atoms with Crippen molar-refractivity contribution in [3.05, 3.63) is 59.7 Å². The summed E-state index contributed by atoms with van der Waals surface area (Å²) in [6.07, 6.45) is 2.51. The van der Waals surface area contributed by atoms with Gasteiger partial charge < -0.3 is 28.7 Å². The Morgan fingerprint density at radius 3 is 2.10 bits per heavy atom. The Morgan fingerprint density at radius 2 is 1.52 bits per heavy atom. The molecule has 2 aromatic rings. The van der Waals surface area contributed by atoms with Crippen LogP contribution in [-0.4, -0.2) is 77.0 Å². The minimum Gasteiger partial charge on any atom is -0.377 e. The molecule has 0 aromatic heterocycles. The Balaban J connectivity index is 1.08. The van der Waals surface area contributed by atoms with Crippen molar-refractivity contribution in [1.29, 1.82) is 0 Å². The van der Waals surface area contributed by atoms with Crippen LogP contribution in [-0.2, 0) is 25.4 Å². The fourth-order valence-electron chi connectivity index (χ4n) is 4.67. The van der Waals surface area contributed by atoms with Crippen LogP contribution in [0.2, 0.25) is 0 Å². The number of benzene rings is 2. The SMILES string of the molecule is COC1CN(c2ccc(Cc3ccc(N(CC4CO4)C[C@@H]4CO4)cc3)cc2)CC2OC12. The van der Waals surface area contributed by atoms with Crippen LogP contribution in [0.4, 0.5) is 11.4 Å². The Labute approximate surface area is 183 Å². The second-order valence-electron chi connectivity index (χ2n) is 9.14. The third-order valence-electron chi connectivity index (χ3n) is 6.76. The minimum absolute atomic E-state index is 0.175. The summed E-state index contributed by atoms with van der Waals surface area (Å²) in [7, 11) is 1.78. The van der Waals surface area contributed by atoms with Crippen molar-refractivity contribution >= 4 is 11.4 Å². The quantitative estimate of drug-likeness (QED) is 0.579. The lowest BCUT2D eigenvalue weighted by Gasteiger charge is -2.31. The van der Waals surface area contributed by atoms with Gasteiger partial charge in [-0.2, -0.15) is 0 Å². The molecule has 0 N–H and O–H groups in total. The van der Waals surface area contributed by atoms with E-state index >= 15 is 0 Å². The molecule has 0 amide bonds. The second-order valence-corrected chi connectivity index (χ2v) is 9.14. The molecule has 4 heterocycles. The molecule has 4 aliphatic rings. The van der Waals surface area contributed by atoms with Crippen LogP contribution in [0.1, 0.15) is 11.1 Å². The molecule has 6 heteroatoms. The van der Waals surface area contributed by atoms with Gasteiger partial charge in [-0.3, -0.25) is 0 Å². The largest absolute Gasteiger partial charge is 0.377 e. The van der Waals surface area contributed by atoms with E-state index < -0.39 is 0 Å². The molecule has 4 fully saturated rings. The van der Waals surface area contributed by atoms with Crippen molar-refractivity contribution < 1.29 is 18.9 Å². The van der Waals surface area contributed by atoms with Gasteiger partial charge in [-0.15, -0.1) is 0 Å². The van der Waals surface area contributed by atoms with Gasteiger partial charge in [0.05, 0.1) is 25.4 Å². The van der Waals surface area contributed by atoms with Crippen LogP contribution >= 0.6 is 0 Å². The first kappa shape index (κ1) is 19.6. The number of nitrogens with zero attached hydrogens (tertiary/aromatic N) is 2. The predicted octanol–water partition coefficient (Wildman–Crippen LogP) is 2.48. The first-order valence-electron chi connectivity index (χ1n) is 11.3. The first-order valence-corrected chi connectivity index (χ1v) is 11.3. The maximum Gasteiger partial charge on any atom is 0.114 e. The van der Waals surface area contributed by atoms with Crippen molar-refractivity contribution in [2.45, 2.75) is 36.9 Å². The average Bonchev–Trinajstić information content (AvgIpc) is 3.65. The molecule has 5 atom stereocenters. The number of anilines is 2. The predicted molar refractivity (Wildman–Crippen MR) is 119 cm³/mol. The van der Waals surface area contributed by atoms with Gasteiger partial charge in [-0.05, 0) is 41.8 Å². The number of rotatable bonds is 9. The molecule has 31 heavy (non-hydrogen) atoms. The van der Waals surface area contributed by atoms with Gasteiger partial charge in [0.2, 0.25) is 0 Å². The molecule has 4 aliphatic heterocycles. The molecule has 6 nitrogen and oxygen atoms in total. The Hall–Kier alpha value is -2.12. The van der Waals surface area contributed by atoms with Crippen LogP contribution in [0.3, 0.4) is 0 Å². The smallest absolute Gasteiger partial charge is 0.114 e. The molecule has 164 valence electrons. The summed E-state index contributed by atoms with van der Waals surface area (Å²) in [5.74, 6) is 0. The topological polar surface area (TPSA) is 53.3 Å². The van der Waals surface area contributed by atoms with Gasteiger partial charge in [0.1, 0.15) is 18.3 Å². The Bertz CT molecular complexity index is 881. The minimum atomic E-state index is 0.175. The van der Waals surface area contributed by atoms with Crippen LogP contribution in [0, 0.1) is 0 Å². The van der Waals surface area contributed by atoms with E-state index in [-0.39, 0.29) is 6.10 Å². The monoisotopic (exact) mass is 422 g/mol. The Kier molecular flexibility index (Phi) is 5.11. The fraction of sp³-hybridized carbons (Fsp3) is 0.520. The zero-order valence-electron chi connectivity index (χ0n) is 18.0. The van der Waals surface area contributed by atoms with Crippen molar-refractivity contribution in [3.8, 4) is 0 Å². The van der Waals surface area contributed by atoms with Gasteiger partial charge in [0.15, 0.2) is 0 Å². The molecule has 0 bridgehead atoms. The third-order valence-corrected chi connectivity index (χ3v) is 6.76. The van der Waals surface area contributed by atoms with Crippen LogP contribution in [0.5, 0.6) is 0 Å². The maximum atomic E-state index is 5.73. The maximum absolute atomic E-state index is 5.73. The van der Waals surface area contributed by atoms with Crippen molar-refractivity contribution in [2.24, 2.45) is 0 Å². The highest BCUT2D eigenvalue weighted by atomic mass is 16.6. The molecule has 0 aliphatic carbocycles. The number of epoxide rings is 3. The summed E-state index contributed by atoms with van der Waals surface area (Å²) in [6.45, 7) is 5.52. The highest BCUT2D eigenvalue weighted by molar-refractivity contribution is 5.51. The molecule has 2 aromatic carbocycles. The number of fused-ring (bicyclic) bond motifs is 1. The standard InChI is InChI=1S/C25H30N2O4/c1-28-23-13-27(14-24-25(23)31-24)20-8-4-18(5-9-20)10-17-2-6-19(7-3-17)26(11-21-15-29-21)12-22-16-30-22/h2-9,21-25H,10-16H2,1H3/t21-,22?,23?,24?,25?/m1/s1. The van der Waals surface area contributed by atoms with Gasteiger partial charge in [0, 0.05) is 44.7 Å². The van der Waals surface area contributed by atoms with E-state index in [9.17, 15) is 0 Å². The third kappa shape index (κ3) is 4.58. The number of methoxy groups -OCH3 is 1. The summed E-state index contributed by atoms with van der Waals surface area (Å²) in [6, 6.07) is 17.9. The summed E-state index contributed by atoms with van der Waals surface area (Å²) < 4.78 is 22.2. The van der Waals surface area contributed by atoms with Crippen molar-refractivity contribution in [3.63, 3.8) is 0 Å². The normalized spacial score (nSPS) is 30.6. The van der Waals surface area contributed by atoms with Gasteiger partial charge in [-0.25, -0.2) is 0 Å². The van der Waals surface area contributed by atoms with E-state index in [0.29, 0.717) is 24.4 Å². The Morgan fingerprint density at radius 1 is 0.903 bits per heavy atom. The zero-order valence-corrected chi connectivity index (χ0v) is 18.0. The molecule has 4 unspecified atom stereocenters. The van der Waals surface area contributed by atoms with Crippen molar-refractivity contribution in [2.75, 3.05) is 56.3 Å². The molecule has 0 spiro atoms. The van der Waals surface area contributed by atoms with Gasteiger partial charge in [-0.1, -0.05) is 24.3 Å². The summed E-state index contributed by atoms with van der Waals surface area (Å²) in [5.41, 5.74) is 5.15. The molecule has 6 rings (SSSR count). The van der Waals surface area contributed by atoms with E-state index in [0.717, 1.165) is 45.8 Å². The molecule has 4 saturated heterocycles. The average molecular weight is 423 g/mol. The highest BCUT2D eigenvalue weighted by Crippen LogP contribution is 2.35. The lowest BCUT2D eigenvalue weighted by molar-refractivity contribution is 0.0807. The number of hydrogen-bond donors (Lipinski definition) is 0. The van der Waals surface area contributed by atoms with Crippen molar-refractivity contribution in [1.82, 2.24) is 0 Å². The van der Waals surface area contributed by atoms with E-state index in [2.05, 4.69) is 58.3 Å². The van der Waals surface area contributed by atoms with E-state index in [1.807, 2.05) is 0 Å². The summed E-state index contributed by atoms with van der Waals surface area (Å²) in [4.78, 5) is 4.77. The first-order chi connectivity index (χ1) is 15.2. The van der Waals surface area contributed by atoms with Crippen LogP contribution in [0.15, 0.2) is 48.5 Å². The fourth-order valence-corrected chi connectivity index (χ4v) is 4.67. The lowest BCUT2D eigenvalue weighted by atomic mass is 10.0. The summed E-state index contributed by atoms with van der Waals surface area (Å²) in [5, 5.41) is 0.